The molecule has 5 heteroatoms. The van der Waals surface area contributed by atoms with Crippen molar-refractivity contribution in [1.29, 1.82) is 0 Å². The molecule has 0 saturated carbocycles. The fourth-order valence-corrected chi connectivity index (χ4v) is 4.16. The fourth-order valence-electron chi connectivity index (χ4n) is 3.33. The first kappa shape index (κ1) is 18.0. The number of para-hydroxylation sites is 1. The Bertz CT molecular complexity index is 1000. The molecule has 0 aliphatic heterocycles. The van der Waals surface area contributed by atoms with Gasteiger partial charge >= 0.3 is 0 Å². The van der Waals surface area contributed by atoms with E-state index in [1.807, 2.05) is 24.3 Å². The summed E-state index contributed by atoms with van der Waals surface area (Å²) in [7, 11) is 0. The smallest absolute Gasteiger partial charge is 0.279 e. The summed E-state index contributed by atoms with van der Waals surface area (Å²) >= 11 is 1.57. The Morgan fingerprint density at radius 2 is 2.04 bits per heavy atom. The molecule has 4 rings (SSSR count). The van der Waals surface area contributed by atoms with Crippen LogP contribution < -0.4 is 4.74 Å². The number of unbranched alkanes of at least 4 members (excludes halogenated alkanes) is 1. The van der Waals surface area contributed by atoms with E-state index in [9.17, 15) is 0 Å². The van der Waals surface area contributed by atoms with E-state index < -0.39 is 0 Å². The lowest BCUT2D eigenvalue weighted by Gasteiger charge is -2.19. The van der Waals surface area contributed by atoms with E-state index in [-0.39, 0.29) is 0 Å². The quantitative estimate of drug-likeness (QED) is 0.397. The van der Waals surface area contributed by atoms with Gasteiger partial charge in [-0.2, -0.15) is 0 Å². The van der Waals surface area contributed by atoms with E-state index in [1.165, 1.54) is 23.8 Å². The lowest BCUT2D eigenvalue weighted by Crippen LogP contribution is -2.23. The molecule has 0 saturated heterocycles. The maximum Gasteiger partial charge on any atom is 0.279 e. The van der Waals surface area contributed by atoms with Gasteiger partial charge in [0, 0.05) is 29.7 Å². The Balaban J connectivity index is 1.52. The molecule has 2 heterocycles. The second kappa shape index (κ2) is 8.11. The first-order valence-electron chi connectivity index (χ1n) is 9.62. The van der Waals surface area contributed by atoms with Gasteiger partial charge in [0.05, 0.1) is 10.2 Å². The van der Waals surface area contributed by atoms with E-state index in [2.05, 4.69) is 53.1 Å². The summed E-state index contributed by atoms with van der Waals surface area (Å²) in [4.78, 5) is 10.5. The highest BCUT2D eigenvalue weighted by atomic mass is 32.1. The number of aromatic amines is 1. The van der Waals surface area contributed by atoms with Gasteiger partial charge in [0.25, 0.3) is 5.19 Å². The minimum atomic E-state index is 0.680. The van der Waals surface area contributed by atoms with Gasteiger partial charge in [0.15, 0.2) is 0 Å². The maximum atomic E-state index is 6.01. The second-order valence-electron chi connectivity index (χ2n) is 6.79. The molecule has 2 aromatic carbocycles. The molecule has 4 nitrogen and oxygen atoms in total. The topological polar surface area (TPSA) is 41.2 Å². The number of hydrogen-bond acceptors (Lipinski definition) is 4. The summed E-state index contributed by atoms with van der Waals surface area (Å²) < 4.78 is 7.15. The van der Waals surface area contributed by atoms with Crippen LogP contribution in [0.15, 0.2) is 48.7 Å². The van der Waals surface area contributed by atoms with Crippen LogP contribution in [0.5, 0.6) is 10.9 Å². The van der Waals surface area contributed by atoms with Gasteiger partial charge in [-0.15, -0.1) is 0 Å². The van der Waals surface area contributed by atoms with Gasteiger partial charge in [-0.25, -0.2) is 4.98 Å². The van der Waals surface area contributed by atoms with Gasteiger partial charge in [-0.05, 0) is 49.3 Å². The van der Waals surface area contributed by atoms with Gasteiger partial charge in [0.1, 0.15) is 5.75 Å². The van der Waals surface area contributed by atoms with Crippen molar-refractivity contribution in [2.24, 2.45) is 0 Å². The van der Waals surface area contributed by atoms with Gasteiger partial charge in [-0.1, -0.05) is 43.7 Å². The van der Waals surface area contributed by atoms with Crippen molar-refractivity contribution >= 4 is 32.5 Å². The normalized spacial score (nSPS) is 11.7. The zero-order valence-electron chi connectivity index (χ0n) is 15.9. The number of benzene rings is 2. The summed E-state index contributed by atoms with van der Waals surface area (Å²) in [5.74, 6) is 0.813. The first-order valence-corrected chi connectivity index (χ1v) is 10.4. The van der Waals surface area contributed by atoms with Crippen molar-refractivity contribution in [1.82, 2.24) is 14.9 Å². The summed E-state index contributed by atoms with van der Waals surface area (Å²) in [5.41, 5.74) is 3.43. The van der Waals surface area contributed by atoms with Crippen LogP contribution >= 0.6 is 11.3 Å². The molecule has 0 spiro atoms. The highest BCUT2D eigenvalue weighted by Crippen LogP contribution is 2.32. The third kappa shape index (κ3) is 3.99. The number of nitrogens with zero attached hydrogens (tertiary/aromatic N) is 2. The molecule has 2 aromatic heterocycles. The SMILES string of the molecule is CCCCN(CC)Cc1c[nH]c2cc(Oc3nc4ccccc4s3)ccc12. The molecule has 27 heavy (non-hydrogen) atoms. The molecule has 1 N–H and O–H groups in total. The Morgan fingerprint density at radius 1 is 1.15 bits per heavy atom. The van der Waals surface area contributed by atoms with Crippen molar-refractivity contribution in [2.75, 3.05) is 13.1 Å². The van der Waals surface area contributed by atoms with Gasteiger partial charge in [0.2, 0.25) is 0 Å². The lowest BCUT2D eigenvalue weighted by atomic mass is 10.1. The van der Waals surface area contributed by atoms with Gasteiger partial charge in [-0.3, -0.25) is 4.90 Å². The van der Waals surface area contributed by atoms with Crippen LogP contribution in [0.25, 0.3) is 21.1 Å². The Morgan fingerprint density at radius 3 is 2.85 bits per heavy atom. The van der Waals surface area contributed by atoms with Crippen molar-refractivity contribution in [3.63, 3.8) is 0 Å². The van der Waals surface area contributed by atoms with E-state index in [1.54, 1.807) is 11.3 Å². The highest BCUT2D eigenvalue weighted by molar-refractivity contribution is 7.20. The molecule has 0 radical (unpaired) electrons. The van der Waals surface area contributed by atoms with Crippen molar-refractivity contribution < 1.29 is 4.74 Å². The zero-order valence-corrected chi connectivity index (χ0v) is 16.7. The highest BCUT2D eigenvalue weighted by Gasteiger charge is 2.11. The van der Waals surface area contributed by atoms with Crippen LogP contribution in [-0.4, -0.2) is 28.0 Å². The number of aromatic nitrogens is 2. The van der Waals surface area contributed by atoms with E-state index in [0.717, 1.165) is 41.1 Å². The van der Waals surface area contributed by atoms with Crippen LogP contribution in [0.4, 0.5) is 0 Å². The van der Waals surface area contributed by atoms with Crippen LogP contribution in [0.3, 0.4) is 0 Å². The van der Waals surface area contributed by atoms with Crippen LogP contribution in [0.1, 0.15) is 32.3 Å². The van der Waals surface area contributed by atoms with E-state index in [0.29, 0.717) is 5.19 Å². The van der Waals surface area contributed by atoms with Crippen LogP contribution in [0.2, 0.25) is 0 Å². The lowest BCUT2D eigenvalue weighted by molar-refractivity contribution is 0.276. The number of fused-ring (bicyclic) bond motifs is 2. The molecule has 0 bridgehead atoms. The van der Waals surface area contributed by atoms with Crippen molar-refractivity contribution in [2.45, 2.75) is 33.2 Å². The summed E-state index contributed by atoms with van der Waals surface area (Å²) in [6.45, 7) is 7.68. The molecule has 140 valence electrons. The summed E-state index contributed by atoms with van der Waals surface area (Å²) in [6, 6.07) is 14.4. The molecule has 0 amide bonds. The molecular weight excluding hydrogens is 354 g/mol. The van der Waals surface area contributed by atoms with E-state index >= 15 is 0 Å². The molecule has 0 unspecified atom stereocenters. The standard InChI is InChI=1S/C22H25N3OS/c1-3-5-12-25(4-2)15-16-14-23-20-13-17(10-11-18(16)20)26-22-24-19-8-6-7-9-21(19)27-22/h6-11,13-14,23H,3-5,12,15H2,1-2H3. The minimum absolute atomic E-state index is 0.680. The number of hydrogen-bond donors (Lipinski definition) is 1. The molecule has 0 fully saturated rings. The minimum Gasteiger partial charge on any atom is -0.431 e. The summed E-state index contributed by atoms with van der Waals surface area (Å²) in [6.07, 6.45) is 4.61. The third-order valence-electron chi connectivity index (χ3n) is 4.89. The molecule has 0 aliphatic carbocycles. The molecular formula is C22H25N3OS. The molecule has 4 aromatic rings. The van der Waals surface area contributed by atoms with Crippen LogP contribution in [0, 0.1) is 0 Å². The zero-order chi connectivity index (χ0) is 18.6. The monoisotopic (exact) mass is 379 g/mol. The number of nitrogens with one attached hydrogen (secondary N) is 1. The average Bonchev–Trinajstić information content (AvgIpc) is 3.28. The molecule has 0 atom stereocenters. The van der Waals surface area contributed by atoms with E-state index in [4.69, 9.17) is 4.74 Å². The Hall–Kier alpha value is -2.37. The third-order valence-corrected chi connectivity index (χ3v) is 5.80. The number of H-pyrrole nitrogens is 1. The Kier molecular flexibility index (Phi) is 5.41. The number of rotatable bonds is 8. The molecule has 0 aliphatic rings. The number of ether oxygens (including phenoxy) is 1. The maximum absolute atomic E-state index is 6.01. The van der Waals surface area contributed by atoms with Crippen molar-refractivity contribution in [3.8, 4) is 10.9 Å². The van der Waals surface area contributed by atoms with Crippen LogP contribution in [-0.2, 0) is 6.54 Å². The second-order valence-corrected chi connectivity index (χ2v) is 7.79. The van der Waals surface area contributed by atoms with Crippen molar-refractivity contribution in [3.05, 3.63) is 54.2 Å². The summed E-state index contributed by atoms with van der Waals surface area (Å²) in [5, 5.41) is 1.95. The predicted molar refractivity (Wildman–Crippen MR) is 114 cm³/mol. The largest absolute Gasteiger partial charge is 0.431 e. The average molecular weight is 380 g/mol. The Labute approximate surface area is 163 Å². The first-order chi connectivity index (χ1) is 13.3. The predicted octanol–water partition coefficient (Wildman–Crippen LogP) is 6.19. The fraction of sp³-hybridized carbons (Fsp3) is 0.318. The van der Waals surface area contributed by atoms with Gasteiger partial charge < -0.3 is 9.72 Å². The number of thiazole rings is 1.